The molecule has 0 aromatic carbocycles. The number of rotatable bonds is 7. The van der Waals surface area contributed by atoms with E-state index >= 15 is 0 Å². The minimum atomic E-state index is 0.0983. The van der Waals surface area contributed by atoms with Crippen molar-refractivity contribution in [2.75, 3.05) is 13.1 Å². The van der Waals surface area contributed by atoms with Gasteiger partial charge in [0.05, 0.1) is 0 Å². The van der Waals surface area contributed by atoms with Crippen molar-refractivity contribution >= 4 is 11.8 Å². The molecule has 1 rings (SSSR count). The number of hydrogen-bond donors (Lipinski definition) is 1. The van der Waals surface area contributed by atoms with Gasteiger partial charge in [-0.2, -0.15) is 0 Å². The molecule has 0 radical (unpaired) electrons. The van der Waals surface area contributed by atoms with Gasteiger partial charge in [-0.05, 0) is 19.3 Å². The molecule has 0 heterocycles. The molecule has 1 N–H and O–H groups in total. The largest absolute Gasteiger partial charge is 0.354 e. The summed E-state index contributed by atoms with van der Waals surface area (Å²) in [7, 11) is 0. The molecule has 0 aromatic heterocycles. The van der Waals surface area contributed by atoms with Gasteiger partial charge < -0.3 is 10.2 Å². The molecule has 0 saturated heterocycles. The summed E-state index contributed by atoms with van der Waals surface area (Å²) in [6, 6.07) is 0.435. The molecule has 1 aliphatic carbocycles. The summed E-state index contributed by atoms with van der Waals surface area (Å²) in [5.41, 5.74) is 0. The Morgan fingerprint density at radius 1 is 1.38 bits per heavy atom. The highest BCUT2D eigenvalue weighted by atomic mass is 16.2. The number of nitrogens with one attached hydrogen (secondary N) is 1. The quantitative estimate of drug-likeness (QED) is 0.711. The minimum Gasteiger partial charge on any atom is -0.354 e. The van der Waals surface area contributed by atoms with Crippen LogP contribution in [0.1, 0.15) is 46.0 Å². The van der Waals surface area contributed by atoms with Gasteiger partial charge in [0.1, 0.15) is 0 Å². The van der Waals surface area contributed by atoms with Gasteiger partial charge in [0.25, 0.3) is 0 Å². The molecule has 2 amide bonds. The molecular weight excluding hydrogens is 204 g/mol. The number of amides is 2. The second-order valence-electron chi connectivity index (χ2n) is 4.40. The first-order valence-corrected chi connectivity index (χ1v) is 6.19. The maximum Gasteiger partial charge on any atom is 0.220 e. The molecule has 0 unspecified atom stereocenters. The van der Waals surface area contributed by atoms with Crippen LogP contribution in [0.5, 0.6) is 0 Å². The van der Waals surface area contributed by atoms with Gasteiger partial charge in [0, 0.05) is 32.5 Å². The van der Waals surface area contributed by atoms with Gasteiger partial charge in [0.15, 0.2) is 0 Å². The third-order valence-corrected chi connectivity index (χ3v) is 2.82. The van der Waals surface area contributed by atoms with Crippen LogP contribution in [0.15, 0.2) is 0 Å². The summed E-state index contributed by atoms with van der Waals surface area (Å²) in [5.74, 6) is 0.214. The van der Waals surface area contributed by atoms with Crippen LogP contribution in [0.25, 0.3) is 0 Å². The zero-order valence-electron chi connectivity index (χ0n) is 10.3. The number of unbranched alkanes of at least 4 members (excludes halogenated alkanes) is 1. The molecule has 0 bridgehead atoms. The molecule has 1 aliphatic rings. The normalized spacial score (nSPS) is 14.6. The van der Waals surface area contributed by atoms with E-state index in [9.17, 15) is 9.59 Å². The first-order valence-electron chi connectivity index (χ1n) is 6.19. The molecule has 0 atom stereocenters. The van der Waals surface area contributed by atoms with Crippen LogP contribution >= 0.6 is 0 Å². The first kappa shape index (κ1) is 13.0. The number of carbonyl (C=O) groups is 2. The molecule has 4 heteroatoms. The van der Waals surface area contributed by atoms with Crippen LogP contribution in [0.3, 0.4) is 0 Å². The van der Waals surface area contributed by atoms with Crippen molar-refractivity contribution < 1.29 is 9.59 Å². The van der Waals surface area contributed by atoms with Crippen molar-refractivity contribution in [1.82, 2.24) is 10.2 Å². The molecule has 1 fully saturated rings. The van der Waals surface area contributed by atoms with E-state index < -0.39 is 0 Å². The van der Waals surface area contributed by atoms with Crippen LogP contribution in [0, 0.1) is 0 Å². The Hall–Kier alpha value is -1.06. The van der Waals surface area contributed by atoms with Crippen molar-refractivity contribution in [3.05, 3.63) is 0 Å². The molecule has 0 spiro atoms. The van der Waals surface area contributed by atoms with Gasteiger partial charge in [-0.15, -0.1) is 0 Å². The third kappa shape index (κ3) is 4.64. The summed E-state index contributed by atoms with van der Waals surface area (Å²) >= 11 is 0. The minimum absolute atomic E-state index is 0.0983. The van der Waals surface area contributed by atoms with Crippen molar-refractivity contribution in [3.8, 4) is 0 Å². The highest BCUT2D eigenvalue weighted by Gasteiger charge is 2.30. The number of hydrogen-bond acceptors (Lipinski definition) is 2. The van der Waals surface area contributed by atoms with Gasteiger partial charge in [0.2, 0.25) is 11.8 Å². The lowest BCUT2D eigenvalue weighted by molar-refractivity contribution is -0.130. The van der Waals surface area contributed by atoms with E-state index in [1.165, 1.54) is 0 Å². The van der Waals surface area contributed by atoms with Crippen LogP contribution in [0.4, 0.5) is 0 Å². The Balaban J connectivity index is 2.13. The monoisotopic (exact) mass is 226 g/mol. The van der Waals surface area contributed by atoms with E-state index in [4.69, 9.17) is 0 Å². The average Bonchev–Trinajstić information content (AvgIpc) is 3.04. The van der Waals surface area contributed by atoms with E-state index in [2.05, 4.69) is 12.2 Å². The second-order valence-corrected chi connectivity index (χ2v) is 4.40. The Bertz CT molecular complexity index is 249. The molecule has 92 valence electrons. The highest BCUT2D eigenvalue weighted by molar-refractivity contribution is 5.76. The molecular formula is C12H22N2O2. The molecule has 16 heavy (non-hydrogen) atoms. The maximum atomic E-state index is 11.3. The first-order chi connectivity index (χ1) is 7.65. The third-order valence-electron chi connectivity index (χ3n) is 2.82. The fraction of sp³-hybridized carbons (Fsp3) is 0.833. The number of carbonyl (C=O) groups excluding carboxylic acids is 2. The highest BCUT2D eigenvalue weighted by Crippen LogP contribution is 2.26. The standard InChI is InChI=1S/C12H22N2O2/c1-3-4-5-12(16)13-8-9-14(10(2)15)11-6-7-11/h11H,3-9H2,1-2H3,(H,13,16). The van der Waals surface area contributed by atoms with E-state index in [0.717, 1.165) is 25.7 Å². The molecule has 0 aliphatic heterocycles. The smallest absolute Gasteiger partial charge is 0.220 e. The zero-order valence-corrected chi connectivity index (χ0v) is 10.3. The Morgan fingerprint density at radius 2 is 2.06 bits per heavy atom. The maximum absolute atomic E-state index is 11.3. The van der Waals surface area contributed by atoms with Gasteiger partial charge in [-0.25, -0.2) is 0 Å². The fourth-order valence-electron chi connectivity index (χ4n) is 1.72. The zero-order chi connectivity index (χ0) is 12.0. The van der Waals surface area contributed by atoms with Crippen LogP contribution in [-0.2, 0) is 9.59 Å². The van der Waals surface area contributed by atoms with Crippen LogP contribution < -0.4 is 5.32 Å². The Kier molecular flexibility index (Phi) is 5.29. The van der Waals surface area contributed by atoms with E-state index in [-0.39, 0.29) is 11.8 Å². The lowest BCUT2D eigenvalue weighted by Crippen LogP contribution is -2.38. The predicted octanol–water partition coefficient (Wildman–Crippen LogP) is 1.30. The van der Waals surface area contributed by atoms with Gasteiger partial charge >= 0.3 is 0 Å². The molecule has 0 aromatic rings. The number of nitrogens with zero attached hydrogens (tertiary/aromatic N) is 1. The van der Waals surface area contributed by atoms with E-state index in [0.29, 0.717) is 25.6 Å². The SMILES string of the molecule is CCCCC(=O)NCCN(C(C)=O)C1CC1. The van der Waals surface area contributed by atoms with Crippen LogP contribution in [-0.4, -0.2) is 35.8 Å². The van der Waals surface area contributed by atoms with E-state index in [1.807, 2.05) is 4.90 Å². The Morgan fingerprint density at radius 3 is 2.56 bits per heavy atom. The van der Waals surface area contributed by atoms with Crippen molar-refractivity contribution in [3.63, 3.8) is 0 Å². The van der Waals surface area contributed by atoms with Crippen LogP contribution in [0.2, 0.25) is 0 Å². The molecule has 4 nitrogen and oxygen atoms in total. The topological polar surface area (TPSA) is 49.4 Å². The Labute approximate surface area is 97.4 Å². The summed E-state index contributed by atoms with van der Waals surface area (Å²) in [6.45, 7) is 4.89. The average molecular weight is 226 g/mol. The lowest BCUT2D eigenvalue weighted by atomic mass is 10.2. The summed E-state index contributed by atoms with van der Waals surface area (Å²) in [6.07, 6.45) is 4.80. The van der Waals surface area contributed by atoms with Crippen molar-refractivity contribution in [2.24, 2.45) is 0 Å². The van der Waals surface area contributed by atoms with Crippen molar-refractivity contribution in [1.29, 1.82) is 0 Å². The van der Waals surface area contributed by atoms with E-state index in [1.54, 1.807) is 6.92 Å². The van der Waals surface area contributed by atoms with Gasteiger partial charge in [-0.1, -0.05) is 13.3 Å². The fourth-order valence-corrected chi connectivity index (χ4v) is 1.72. The van der Waals surface area contributed by atoms with Crippen molar-refractivity contribution in [2.45, 2.75) is 52.0 Å². The van der Waals surface area contributed by atoms with Gasteiger partial charge in [-0.3, -0.25) is 9.59 Å². The predicted molar refractivity (Wildman–Crippen MR) is 62.9 cm³/mol. The summed E-state index contributed by atoms with van der Waals surface area (Å²) in [4.78, 5) is 24.5. The summed E-state index contributed by atoms with van der Waals surface area (Å²) < 4.78 is 0. The lowest BCUT2D eigenvalue weighted by Gasteiger charge is -2.20. The summed E-state index contributed by atoms with van der Waals surface area (Å²) in [5, 5.41) is 2.85. The second kappa shape index (κ2) is 6.51. The molecule has 1 saturated carbocycles.